The van der Waals surface area contributed by atoms with Crippen LogP contribution < -0.4 is 19.1 Å². The van der Waals surface area contributed by atoms with Crippen LogP contribution in [0, 0.1) is 6.92 Å². The molecule has 0 spiro atoms. The molecule has 4 rings (SSSR count). The number of anilines is 1. The van der Waals surface area contributed by atoms with Crippen LogP contribution in [0.1, 0.15) is 30.5 Å². The quantitative estimate of drug-likeness (QED) is 0.198. The minimum atomic E-state index is -4.29. The van der Waals surface area contributed by atoms with E-state index in [0.29, 0.717) is 5.75 Å². The Morgan fingerprint density at radius 3 is 2.09 bits per heavy atom. The summed E-state index contributed by atoms with van der Waals surface area (Å²) < 4.78 is 40.4. The number of carbonyl (C=O) groups is 2. The molecule has 1 atom stereocenters. The van der Waals surface area contributed by atoms with Gasteiger partial charge in [-0.15, -0.1) is 0 Å². The van der Waals surface area contributed by atoms with Crippen molar-refractivity contribution in [3.05, 3.63) is 120 Å². The van der Waals surface area contributed by atoms with Gasteiger partial charge in [-0.1, -0.05) is 72.3 Å². The lowest BCUT2D eigenvalue weighted by molar-refractivity contribution is -0.140. The van der Waals surface area contributed by atoms with Gasteiger partial charge in [0.1, 0.15) is 24.1 Å². The number of benzene rings is 4. The Hall–Kier alpha value is -4.83. The van der Waals surface area contributed by atoms with Crippen molar-refractivity contribution in [3.8, 4) is 11.5 Å². The van der Waals surface area contributed by atoms with Crippen LogP contribution >= 0.6 is 0 Å². The molecule has 0 heterocycles. The van der Waals surface area contributed by atoms with Gasteiger partial charge in [0, 0.05) is 19.0 Å². The Kier molecular flexibility index (Phi) is 11.4. The molecule has 0 radical (unpaired) electrons. The second-order valence-corrected chi connectivity index (χ2v) is 13.1. The SMILES string of the molecule is COc1ccc(S(=O)(=O)N(CC(=O)N(Cc2cccc(C)c2)C(Cc2ccccc2)C(=O)NC(C)C)c2ccccc2OC)cc1. The normalized spacial score (nSPS) is 11.9. The van der Waals surface area contributed by atoms with Crippen LogP contribution in [0.15, 0.2) is 108 Å². The Bertz CT molecular complexity index is 1730. The fourth-order valence-corrected chi connectivity index (χ4v) is 6.59. The first-order valence-corrected chi connectivity index (χ1v) is 16.5. The number of hydrogen-bond donors (Lipinski definition) is 1. The van der Waals surface area contributed by atoms with E-state index in [1.165, 1.54) is 31.3 Å². The number of amides is 2. The van der Waals surface area contributed by atoms with Crippen molar-refractivity contribution in [2.24, 2.45) is 0 Å². The number of para-hydroxylation sites is 2. The van der Waals surface area contributed by atoms with Crippen LogP contribution in [0.3, 0.4) is 0 Å². The summed E-state index contributed by atoms with van der Waals surface area (Å²) in [6.07, 6.45) is 0.233. The number of methoxy groups -OCH3 is 2. The maximum Gasteiger partial charge on any atom is 0.264 e. The molecule has 1 unspecified atom stereocenters. The Labute approximate surface area is 271 Å². The molecule has 46 heavy (non-hydrogen) atoms. The summed E-state index contributed by atoms with van der Waals surface area (Å²) in [6, 6.07) is 28.6. The summed E-state index contributed by atoms with van der Waals surface area (Å²) in [7, 11) is -1.36. The number of hydrogen-bond acceptors (Lipinski definition) is 6. The molecule has 4 aromatic carbocycles. The molecule has 10 heteroatoms. The molecule has 1 N–H and O–H groups in total. The zero-order chi connectivity index (χ0) is 33.3. The van der Waals surface area contributed by atoms with Gasteiger partial charge in [0.05, 0.1) is 24.8 Å². The molecule has 0 aliphatic rings. The van der Waals surface area contributed by atoms with Gasteiger partial charge in [0.25, 0.3) is 10.0 Å². The van der Waals surface area contributed by atoms with Gasteiger partial charge < -0.3 is 19.7 Å². The number of aryl methyl sites for hydroxylation is 1. The van der Waals surface area contributed by atoms with Gasteiger partial charge in [0.15, 0.2) is 0 Å². The molecule has 0 bridgehead atoms. The van der Waals surface area contributed by atoms with Crippen LogP contribution in [-0.4, -0.2) is 58.0 Å². The molecule has 242 valence electrons. The number of rotatable bonds is 14. The first-order valence-electron chi connectivity index (χ1n) is 15.0. The third-order valence-electron chi connectivity index (χ3n) is 7.42. The molecule has 0 aliphatic heterocycles. The molecule has 0 aliphatic carbocycles. The molecular weight excluding hydrogens is 602 g/mol. The van der Waals surface area contributed by atoms with Gasteiger partial charge in [-0.3, -0.25) is 13.9 Å². The van der Waals surface area contributed by atoms with Crippen LogP contribution in [0.4, 0.5) is 5.69 Å². The molecule has 9 nitrogen and oxygen atoms in total. The minimum Gasteiger partial charge on any atom is -0.497 e. The highest BCUT2D eigenvalue weighted by molar-refractivity contribution is 7.92. The maximum absolute atomic E-state index is 14.6. The highest BCUT2D eigenvalue weighted by atomic mass is 32.2. The average Bonchev–Trinajstić information content (AvgIpc) is 3.05. The maximum atomic E-state index is 14.6. The predicted molar refractivity (Wildman–Crippen MR) is 179 cm³/mol. The number of sulfonamides is 1. The lowest BCUT2D eigenvalue weighted by atomic mass is 10.0. The van der Waals surface area contributed by atoms with Crippen LogP contribution in [0.2, 0.25) is 0 Å². The third kappa shape index (κ3) is 8.45. The zero-order valence-corrected chi connectivity index (χ0v) is 27.7. The smallest absolute Gasteiger partial charge is 0.264 e. The fourth-order valence-electron chi connectivity index (χ4n) is 5.17. The van der Waals surface area contributed by atoms with E-state index in [0.717, 1.165) is 21.0 Å². The van der Waals surface area contributed by atoms with E-state index in [4.69, 9.17) is 9.47 Å². The molecule has 2 amide bonds. The summed E-state index contributed by atoms with van der Waals surface area (Å²) in [4.78, 5) is 29.9. The van der Waals surface area contributed by atoms with Crippen molar-refractivity contribution >= 4 is 27.5 Å². The predicted octanol–water partition coefficient (Wildman–Crippen LogP) is 5.37. The summed E-state index contributed by atoms with van der Waals surface area (Å²) >= 11 is 0. The van der Waals surface area contributed by atoms with Gasteiger partial charge in [-0.2, -0.15) is 0 Å². The second kappa shape index (κ2) is 15.4. The number of carbonyl (C=O) groups excluding carboxylic acids is 2. The topological polar surface area (TPSA) is 105 Å². The third-order valence-corrected chi connectivity index (χ3v) is 9.19. The molecular formula is C36H41N3O6S. The highest BCUT2D eigenvalue weighted by Crippen LogP contribution is 2.33. The summed E-state index contributed by atoms with van der Waals surface area (Å²) in [5.74, 6) is -0.120. The highest BCUT2D eigenvalue weighted by Gasteiger charge is 2.35. The van der Waals surface area contributed by atoms with Crippen molar-refractivity contribution in [1.29, 1.82) is 0 Å². The van der Waals surface area contributed by atoms with Crippen LogP contribution in [0.25, 0.3) is 0 Å². The summed E-state index contributed by atoms with van der Waals surface area (Å²) in [5, 5.41) is 2.97. The lowest BCUT2D eigenvalue weighted by Crippen LogP contribution is -2.54. The first-order chi connectivity index (χ1) is 22.0. The number of ether oxygens (including phenoxy) is 2. The van der Waals surface area contributed by atoms with Crippen LogP contribution in [0.5, 0.6) is 11.5 Å². The van der Waals surface area contributed by atoms with Gasteiger partial charge in [-0.25, -0.2) is 8.42 Å². The van der Waals surface area contributed by atoms with E-state index < -0.39 is 28.5 Å². The molecule has 0 fully saturated rings. The molecule has 0 saturated heterocycles. The Morgan fingerprint density at radius 1 is 0.804 bits per heavy atom. The van der Waals surface area contributed by atoms with E-state index in [1.54, 1.807) is 36.4 Å². The van der Waals surface area contributed by atoms with E-state index in [9.17, 15) is 18.0 Å². The largest absolute Gasteiger partial charge is 0.497 e. The Balaban J connectivity index is 1.83. The summed E-state index contributed by atoms with van der Waals surface area (Å²) in [5.41, 5.74) is 2.86. The van der Waals surface area contributed by atoms with Gasteiger partial charge >= 0.3 is 0 Å². The minimum absolute atomic E-state index is 0.0318. The van der Waals surface area contributed by atoms with E-state index >= 15 is 0 Å². The van der Waals surface area contributed by atoms with Crippen molar-refractivity contribution in [1.82, 2.24) is 10.2 Å². The summed E-state index contributed by atoms with van der Waals surface area (Å²) in [6.45, 7) is 5.17. The van der Waals surface area contributed by atoms with E-state index in [1.807, 2.05) is 75.4 Å². The second-order valence-electron chi connectivity index (χ2n) is 11.2. The monoisotopic (exact) mass is 643 g/mol. The van der Waals surface area contributed by atoms with E-state index in [-0.39, 0.29) is 41.2 Å². The van der Waals surface area contributed by atoms with Crippen molar-refractivity contribution in [3.63, 3.8) is 0 Å². The lowest BCUT2D eigenvalue weighted by Gasteiger charge is -2.34. The zero-order valence-electron chi connectivity index (χ0n) is 26.8. The molecule has 0 saturated carbocycles. The van der Waals surface area contributed by atoms with E-state index in [2.05, 4.69) is 5.32 Å². The number of nitrogens with zero attached hydrogens (tertiary/aromatic N) is 2. The van der Waals surface area contributed by atoms with Crippen molar-refractivity contribution in [2.45, 2.75) is 50.7 Å². The Morgan fingerprint density at radius 2 is 1.46 bits per heavy atom. The van der Waals surface area contributed by atoms with Crippen molar-refractivity contribution < 1.29 is 27.5 Å². The van der Waals surface area contributed by atoms with Gasteiger partial charge in [0.2, 0.25) is 11.8 Å². The molecule has 4 aromatic rings. The number of nitrogens with one attached hydrogen (secondary N) is 1. The van der Waals surface area contributed by atoms with Crippen LogP contribution in [-0.2, 0) is 32.6 Å². The fraction of sp³-hybridized carbons (Fsp3) is 0.278. The average molecular weight is 644 g/mol. The van der Waals surface area contributed by atoms with Crippen molar-refractivity contribution in [2.75, 3.05) is 25.1 Å². The van der Waals surface area contributed by atoms with Gasteiger partial charge in [-0.05, 0) is 68.3 Å². The molecule has 0 aromatic heterocycles. The standard InChI is InChI=1S/C36H41N3O6S/c1-26(2)37-36(41)33(23-28-13-7-6-8-14-28)38(24-29-15-11-12-27(3)22-29)35(40)25-39(32-16-9-10-17-34(32)45-5)46(42,43)31-20-18-30(44-4)19-21-31/h6-22,26,33H,23-25H2,1-5H3,(H,37,41). The first kappa shape index (κ1) is 34.1.